The van der Waals surface area contributed by atoms with Gasteiger partial charge in [0.2, 0.25) is 0 Å². The van der Waals surface area contributed by atoms with Crippen molar-refractivity contribution in [1.29, 1.82) is 0 Å². The number of hydrogen-bond donors (Lipinski definition) is 0. The van der Waals surface area contributed by atoms with Gasteiger partial charge in [-0.1, -0.05) is 0 Å². The maximum Gasteiger partial charge on any atom is 0.251 e. The molecule has 4 aromatic heterocycles. The molecule has 0 saturated heterocycles. The number of hydrogen-bond acceptors (Lipinski definition) is 9. The second-order valence-corrected chi connectivity index (χ2v) is 10.2. The first-order valence-corrected chi connectivity index (χ1v) is 12.9. The summed E-state index contributed by atoms with van der Waals surface area (Å²) in [4.78, 5) is 13.6. The van der Waals surface area contributed by atoms with Crippen LogP contribution < -0.4 is 9.47 Å². The molecule has 0 fully saturated rings. The molecule has 5 rings (SSSR count). The Morgan fingerprint density at radius 2 is 1.74 bits per heavy atom. The largest absolute Gasteiger partial charge is 0.493 e. The van der Waals surface area contributed by atoms with Crippen LogP contribution in [0.3, 0.4) is 0 Å². The van der Waals surface area contributed by atoms with E-state index in [9.17, 15) is 8.42 Å². The summed E-state index contributed by atoms with van der Waals surface area (Å²) < 4.78 is 35.9. The summed E-state index contributed by atoms with van der Waals surface area (Å²) in [5.74, 6) is 1.54. The van der Waals surface area contributed by atoms with Crippen LogP contribution in [0.25, 0.3) is 39.2 Å². The number of thiophene rings is 1. The SMILES string of the molecule is COc1cc2nc(-n3cc(-c4ccc(S(C)(=O)=O)nc4)cn3)nc(-c3ccsc3)c2cc1OC. The van der Waals surface area contributed by atoms with E-state index in [1.165, 1.54) is 12.3 Å². The van der Waals surface area contributed by atoms with Crippen LogP contribution in [0.4, 0.5) is 0 Å². The summed E-state index contributed by atoms with van der Waals surface area (Å²) in [7, 11) is -0.201. The van der Waals surface area contributed by atoms with Gasteiger partial charge >= 0.3 is 0 Å². The van der Waals surface area contributed by atoms with Gasteiger partial charge in [-0.25, -0.2) is 28.1 Å². The minimum absolute atomic E-state index is 0.0197. The first-order valence-electron chi connectivity index (χ1n) is 10.1. The molecule has 4 heterocycles. The van der Waals surface area contributed by atoms with E-state index in [1.807, 2.05) is 29.0 Å². The number of rotatable bonds is 6. The summed E-state index contributed by atoms with van der Waals surface area (Å²) in [5, 5.41) is 9.29. The molecule has 0 aliphatic rings. The van der Waals surface area contributed by atoms with Gasteiger partial charge in [-0.2, -0.15) is 16.4 Å². The Hall–Kier alpha value is -3.83. The van der Waals surface area contributed by atoms with Gasteiger partial charge in [-0.15, -0.1) is 0 Å². The first kappa shape index (κ1) is 22.0. The van der Waals surface area contributed by atoms with E-state index in [0.29, 0.717) is 23.0 Å². The van der Waals surface area contributed by atoms with Crippen LogP contribution in [0.2, 0.25) is 0 Å². The van der Waals surface area contributed by atoms with Crippen LogP contribution in [0, 0.1) is 0 Å². The highest BCUT2D eigenvalue weighted by molar-refractivity contribution is 7.90. The van der Waals surface area contributed by atoms with Gasteiger partial charge in [0, 0.05) is 52.2 Å². The fourth-order valence-corrected chi connectivity index (χ4v) is 4.72. The van der Waals surface area contributed by atoms with Gasteiger partial charge in [-0.05, 0) is 29.6 Å². The highest BCUT2D eigenvalue weighted by atomic mass is 32.2. The second-order valence-electron chi connectivity index (χ2n) is 7.44. The van der Waals surface area contributed by atoms with Crippen LogP contribution in [0.5, 0.6) is 11.5 Å². The Labute approximate surface area is 199 Å². The molecule has 9 nitrogen and oxygen atoms in total. The average Bonchev–Trinajstić information content (AvgIpc) is 3.55. The first-order chi connectivity index (χ1) is 16.4. The number of sulfone groups is 1. The lowest BCUT2D eigenvalue weighted by Gasteiger charge is -2.12. The summed E-state index contributed by atoms with van der Waals surface area (Å²) >= 11 is 1.58. The Morgan fingerprint density at radius 1 is 0.941 bits per heavy atom. The molecule has 1 aromatic carbocycles. The molecule has 0 aliphatic carbocycles. The molecular formula is C23H19N5O4S2. The number of nitrogens with zero attached hydrogens (tertiary/aromatic N) is 5. The van der Waals surface area contributed by atoms with E-state index in [4.69, 9.17) is 19.4 Å². The third-order valence-electron chi connectivity index (χ3n) is 5.22. The lowest BCUT2D eigenvalue weighted by Crippen LogP contribution is -2.04. The number of benzene rings is 1. The van der Waals surface area contributed by atoms with E-state index >= 15 is 0 Å². The molecule has 0 bridgehead atoms. The predicted molar refractivity (Wildman–Crippen MR) is 129 cm³/mol. The Balaban J connectivity index is 1.63. The molecule has 0 unspecified atom stereocenters. The molecule has 34 heavy (non-hydrogen) atoms. The van der Waals surface area contributed by atoms with Crippen molar-refractivity contribution in [2.45, 2.75) is 5.03 Å². The Bertz CT molecular complexity index is 1590. The van der Waals surface area contributed by atoms with E-state index in [-0.39, 0.29) is 5.03 Å². The van der Waals surface area contributed by atoms with Gasteiger partial charge in [0.1, 0.15) is 0 Å². The van der Waals surface area contributed by atoms with Crippen molar-refractivity contribution in [3.63, 3.8) is 0 Å². The zero-order valence-electron chi connectivity index (χ0n) is 18.5. The highest BCUT2D eigenvalue weighted by Gasteiger charge is 2.17. The van der Waals surface area contributed by atoms with Gasteiger partial charge in [0.15, 0.2) is 26.4 Å². The molecule has 0 saturated carbocycles. The molecule has 5 aromatic rings. The topological polar surface area (TPSA) is 109 Å². The van der Waals surface area contributed by atoms with E-state index in [1.54, 1.807) is 48.7 Å². The summed E-state index contributed by atoms with van der Waals surface area (Å²) in [6, 6.07) is 8.85. The van der Waals surface area contributed by atoms with Gasteiger partial charge in [0.05, 0.1) is 31.6 Å². The van der Waals surface area contributed by atoms with Crippen molar-refractivity contribution in [2.75, 3.05) is 20.5 Å². The normalized spacial score (nSPS) is 11.6. The minimum atomic E-state index is -3.37. The van der Waals surface area contributed by atoms with Crippen LogP contribution in [0.15, 0.2) is 64.7 Å². The molecule has 0 amide bonds. The van der Waals surface area contributed by atoms with Crippen molar-refractivity contribution in [2.24, 2.45) is 0 Å². The molecule has 0 radical (unpaired) electrons. The zero-order valence-corrected chi connectivity index (χ0v) is 20.1. The summed E-state index contributed by atoms with van der Waals surface area (Å²) in [6.45, 7) is 0. The number of pyridine rings is 1. The van der Waals surface area contributed by atoms with E-state index < -0.39 is 9.84 Å². The fourth-order valence-electron chi connectivity index (χ4n) is 3.52. The molecule has 0 spiro atoms. The van der Waals surface area contributed by atoms with Crippen LogP contribution in [-0.4, -0.2) is 53.6 Å². The standard InChI is InChI=1S/C23H19N5O4S2/c1-31-19-8-17-18(9-20(19)32-2)26-23(27-22(17)15-6-7-33-13-15)28-12-16(11-25-28)14-4-5-21(24-10-14)34(3,29)30/h4-13H,1-3H3. The van der Waals surface area contributed by atoms with Crippen LogP contribution >= 0.6 is 11.3 Å². The molecule has 0 N–H and O–H groups in total. The van der Waals surface area contributed by atoms with Gasteiger partial charge in [0.25, 0.3) is 5.95 Å². The summed E-state index contributed by atoms with van der Waals surface area (Å²) in [6.07, 6.45) is 6.06. The monoisotopic (exact) mass is 493 g/mol. The van der Waals surface area contributed by atoms with Gasteiger partial charge in [-0.3, -0.25) is 0 Å². The third-order valence-corrected chi connectivity index (χ3v) is 6.91. The quantitative estimate of drug-likeness (QED) is 0.349. The number of fused-ring (bicyclic) bond motifs is 1. The van der Waals surface area contributed by atoms with Crippen molar-refractivity contribution >= 4 is 32.1 Å². The van der Waals surface area contributed by atoms with E-state index in [2.05, 4.69) is 10.1 Å². The lowest BCUT2D eigenvalue weighted by molar-refractivity contribution is 0.356. The fraction of sp³-hybridized carbons (Fsp3) is 0.130. The molecule has 0 aliphatic heterocycles. The maximum atomic E-state index is 11.7. The highest BCUT2D eigenvalue weighted by Crippen LogP contribution is 2.36. The lowest BCUT2D eigenvalue weighted by atomic mass is 10.1. The second kappa shape index (κ2) is 8.50. The van der Waals surface area contributed by atoms with Crippen molar-refractivity contribution in [1.82, 2.24) is 24.7 Å². The van der Waals surface area contributed by atoms with Crippen molar-refractivity contribution < 1.29 is 17.9 Å². The smallest absolute Gasteiger partial charge is 0.251 e. The number of methoxy groups -OCH3 is 2. The summed E-state index contributed by atoms with van der Waals surface area (Å²) in [5.41, 5.74) is 3.86. The van der Waals surface area contributed by atoms with Crippen molar-refractivity contribution in [3.05, 3.63) is 59.7 Å². The van der Waals surface area contributed by atoms with E-state index in [0.717, 1.165) is 34.0 Å². The number of ether oxygens (including phenoxy) is 2. The Morgan fingerprint density at radius 3 is 2.38 bits per heavy atom. The zero-order chi connectivity index (χ0) is 23.9. The predicted octanol–water partition coefficient (Wildman–Crippen LogP) is 4.03. The third kappa shape index (κ3) is 3.99. The van der Waals surface area contributed by atoms with Gasteiger partial charge < -0.3 is 9.47 Å². The molecule has 0 atom stereocenters. The average molecular weight is 494 g/mol. The molecule has 11 heteroatoms. The number of aromatic nitrogens is 5. The maximum absolute atomic E-state index is 11.7. The van der Waals surface area contributed by atoms with Crippen LogP contribution in [0.1, 0.15) is 0 Å². The molecular weight excluding hydrogens is 474 g/mol. The Kier molecular flexibility index (Phi) is 5.50. The minimum Gasteiger partial charge on any atom is -0.493 e. The van der Waals surface area contributed by atoms with Crippen molar-refractivity contribution in [3.8, 4) is 39.8 Å². The van der Waals surface area contributed by atoms with Crippen LogP contribution in [-0.2, 0) is 9.84 Å². The molecule has 172 valence electrons.